The molecule has 2 N–H and O–H groups in total. The van der Waals surface area contributed by atoms with E-state index in [1.165, 1.54) is 25.8 Å². The highest BCUT2D eigenvalue weighted by Crippen LogP contribution is 2.32. The van der Waals surface area contributed by atoms with Crippen molar-refractivity contribution in [1.82, 2.24) is 4.90 Å². The lowest BCUT2D eigenvalue weighted by molar-refractivity contribution is 0.115. The lowest BCUT2D eigenvalue weighted by Gasteiger charge is -2.48. The summed E-state index contributed by atoms with van der Waals surface area (Å²) in [5.41, 5.74) is 7.93. The average Bonchev–Trinajstić information content (AvgIpc) is 2.46. The molecule has 2 unspecified atom stereocenters. The van der Waals surface area contributed by atoms with Crippen LogP contribution in [0, 0.1) is 0 Å². The number of anilines is 1. The number of benzene rings is 1. The third kappa shape index (κ3) is 3.03. The molecule has 2 aliphatic rings. The molecule has 2 heterocycles. The molecule has 0 aromatic heterocycles. The number of nitrogens with zero attached hydrogens (tertiary/aromatic N) is 2. The molecule has 0 saturated carbocycles. The van der Waals surface area contributed by atoms with Crippen molar-refractivity contribution in [2.24, 2.45) is 5.73 Å². The first-order chi connectivity index (χ1) is 10.1. The molecule has 21 heavy (non-hydrogen) atoms. The molecule has 2 fully saturated rings. The zero-order valence-corrected chi connectivity index (χ0v) is 14.0. The second-order valence-corrected chi connectivity index (χ2v) is 7.05. The number of hydrogen-bond donors (Lipinski definition) is 1. The summed E-state index contributed by atoms with van der Waals surface area (Å²) in [5, 5.41) is 0.739. The number of fused-ring (bicyclic) bond motifs is 1. The normalized spacial score (nSPS) is 26.5. The lowest BCUT2D eigenvalue weighted by atomic mass is 9.96. The van der Waals surface area contributed by atoms with Gasteiger partial charge in [-0.15, -0.1) is 0 Å². The van der Waals surface area contributed by atoms with Gasteiger partial charge >= 0.3 is 0 Å². The zero-order valence-electron chi connectivity index (χ0n) is 12.4. The second-order valence-electron chi connectivity index (χ2n) is 6.17. The highest BCUT2D eigenvalue weighted by molar-refractivity contribution is 7.80. The summed E-state index contributed by atoms with van der Waals surface area (Å²) in [6.45, 7) is 5.65. The third-order valence-corrected chi connectivity index (χ3v) is 5.18. The van der Waals surface area contributed by atoms with Crippen LogP contribution in [0.1, 0.15) is 31.7 Å². The molecule has 5 heteroatoms. The SMILES string of the molecule is CC1CN2CCCCC2CN1c1cc(Cl)ccc1C(N)=S. The van der Waals surface area contributed by atoms with Gasteiger partial charge in [-0.05, 0) is 44.5 Å². The Balaban J connectivity index is 1.92. The molecule has 114 valence electrons. The van der Waals surface area contributed by atoms with E-state index in [1.54, 1.807) is 0 Å². The highest BCUT2D eigenvalue weighted by Gasteiger charge is 2.33. The topological polar surface area (TPSA) is 32.5 Å². The van der Waals surface area contributed by atoms with Gasteiger partial charge in [-0.2, -0.15) is 0 Å². The summed E-state index contributed by atoms with van der Waals surface area (Å²) in [6.07, 6.45) is 3.95. The Labute approximate surface area is 137 Å². The van der Waals surface area contributed by atoms with Crippen LogP contribution in [0.2, 0.25) is 5.02 Å². The Morgan fingerprint density at radius 2 is 2.14 bits per heavy atom. The van der Waals surface area contributed by atoms with Crippen LogP contribution in [0.4, 0.5) is 5.69 Å². The van der Waals surface area contributed by atoms with E-state index in [2.05, 4.69) is 16.7 Å². The van der Waals surface area contributed by atoms with Crippen molar-refractivity contribution >= 4 is 34.5 Å². The lowest BCUT2D eigenvalue weighted by Crippen LogP contribution is -2.59. The van der Waals surface area contributed by atoms with Gasteiger partial charge in [0, 0.05) is 41.4 Å². The maximum absolute atomic E-state index is 6.20. The van der Waals surface area contributed by atoms with Crippen molar-refractivity contribution in [1.29, 1.82) is 0 Å². The van der Waals surface area contributed by atoms with E-state index in [1.807, 2.05) is 18.2 Å². The van der Waals surface area contributed by atoms with Gasteiger partial charge in [0.15, 0.2) is 0 Å². The van der Waals surface area contributed by atoms with E-state index in [-0.39, 0.29) is 0 Å². The number of rotatable bonds is 2. The molecule has 0 radical (unpaired) electrons. The van der Waals surface area contributed by atoms with Gasteiger partial charge in [-0.3, -0.25) is 4.90 Å². The molecule has 0 spiro atoms. The summed E-state index contributed by atoms with van der Waals surface area (Å²) in [6, 6.07) is 6.91. The van der Waals surface area contributed by atoms with E-state index in [0.29, 0.717) is 17.1 Å². The maximum Gasteiger partial charge on any atom is 0.106 e. The molecular formula is C16H22ClN3S. The fourth-order valence-electron chi connectivity index (χ4n) is 3.64. The Kier molecular flexibility index (Phi) is 4.38. The summed E-state index contributed by atoms with van der Waals surface area (Å²) < 4.78 is 0. The van der Waals surface area contributed by atoms with E-state index in [0.717, 1.165) is 29.4 Å². The van der Waals surface area contributed by atoms with Crippen molar-refractivity contribution < 1.29 is 0 Å². The minimum Gasteiger partial charge on any atom is -0.389 e. The summed E-state index contributed by atoms with van der Waals surface area (Å²) in [7, 11) is 0. The van der Waals surface area contributed by atoms with E-state index < -0.39 is 0 Å². The first-order valence-electron chi connectivity index (χ1n) is 7.66. The largest absolute Gasteiger partial charge is 0.389 e. The molecular weight excluding hydrogens is 302 g/mol. The molecule has 2 atom stereocenters. The van der Waals surface area contributed by atoms with Crippen LogP contribution in [0.3, 0.4) is 0 Å². The predicted octanol–water partition coefficient (Wildman–Crippen LogP) is 3.04. The smallest absolute Gasteiger partial charge is 0.106 e. The van der Waals surface area contributed by atoms with Gasteiger partial charge in [0.2, 0.25) is 0 Å². The third-order valence-electron chi connectivity index (χ3n) is 4.72. The first-order valence-corrected chi connectivity index (χ1v) is 8.45. The summed E-state index contributed by atoms with van der Waals surface area (Å²) in [5.74, 6) is 0. The number of nitrogens with two attached hydrogens (primary N) is 1. The minimum absolute atomic E-state index is 0.444. The van der Waals surface area contributed by atoms with Crippen molar-refractivity contribution in [3.63, 3.8) is 0 Å². The van der Waals surface area contributed by atoms with Crippen LogP contribution in [-0.4, -0.2) is 41.6 Å². The second kappa shape index (κ2) is 6.11. The quantitative estimate of drug-likeness (QED) is 0.848. The number of piperidine rings is 1. The number of thiocarbonyl (C=S) groups is 1. The average molecular weight is 324 g/mol. The Morgan fingerprint density at radius 1 is 1.33 bits per heavy atom. The van der Waals surface area contributed by atoms with E-state index in [9.17, 15) is 0 Å². The summed E-state index contributed by atoms with van der Waals surface area (Å²) in [4.78, 5) is 5.52. The minimum atomic E-state index is 0.444. The van der Waals surface area contributed by atoms with Gasteiger partial charge in [0.25, 0.3) is 0 Å². The first kappa shape index (κ1) is 15.1. The van der Waals surface area contributed by atoms with Gasteiger partial charge < -0.3 is 10.6 Å². The zero-order chi connectivity index (χ0) is 15.0. The molecule has 3 nitrogen and oxygen atoms in total. The van der Waals surface area contributed by atoms with E-state index in [4.69, 9.17) is 29.6 Å². The molecule has 2 saturated heterocycles. The van der Waals surface area contributed by atoms with Crippen LogP contribution in [0.25, 0.3) is 0 Å². The molecule has 2 aliphatic heterocycles. The molecule has 0 bridgehead atoms. The Bertz CT molecular complexity index is 548. The van der Waals surface area contributed by atoms with Crippen molar-refractivity contribution in [2.45, 2.75) is 38.3 Å². The van der Waals surface area contributed by atoms with Crippen LogP contribution < -0.4 is 10.6 Å². The van der Waals surface area contributed by atoms with Crippen LogP contribution in [0.15, 0.2) is 18.2 Å². The predicted molar refractivity (Wildman–Crippen MR) is 93.4 cm³/mol. The van der Waals surface area contributed by atoms with Crippen molar-refractivity contribution in [3.8, 4) is 0 Å². The maximum atomic E-state index is 6.20. The van der Waals surface area contributed by atoms with Gasteiger partial charge in [-0.1, -0.05) is 30.2 Å². The molecule has 0 amide bonds. The van der Waals surface area contributed by atoms with Gasteiger partial charge in [0.05, 0.1) is 0 Å². The van der Waals surface area contributed by atoms with E-state index >= 15 is 0 Å². The molecule has 1 aromatic carbocycles. The Hall–Kier alpha value is -0.840. The number of halogens is 1. The fraction of sp³-hybridized carbons (Fsp3) is 0.562. The fourth-order valence-corrected chi connectivity index (χ4v) is 3.98. The molecule has 1 aromatic rings. The number of hydrogen-bond acceptors (Lipinski definition) is 3. The van der Waals surface area contributed by atoms with Gasteiger partial charge in [-0.25, -0.2) is 0 Å². The van der Waals surface area contributed by atoms with Crippen molar-refractivity contribution in [3.05, 3.63) is 28.8 Å². The van der Waals surface area contributed by atoms with Crippen LogP contribution in [-0.2, 0) is 0 Å². The standard InChI is InChI=1S/C16H22ClN3S/c1-11-9-19-7-3-2-4-13(19)10-20(11)15-8-12(17)5-6-14(15)16(18)21/h5-6,8,11,13H,2-4,7,9-10H2,1H3,(H2,18,21). The highest BCUT2D eigenvalue weighted by atomic mass is 35.5. The molecule has 3 rings (SSSR count). The summed E-state index contributed by atoms with van der Waals surface area (Å²) >= 11 is 11.4. The molecule has 0 aliphatic carbocycles. The number of piperazine rings is 1. The Morgan fingerprint density at radius 3 is 2.90 bits per heavy atom. The monoisotopic (exact) mass is 323 g/mol. The van der Waals surface area contributed by atoms with Gasteiger partial charge in [0.1, 0.15) is 4.99 Å². The van der Waals surface area contributed by atoms with Crippen molar-refractivity contribution in [2.75, 3.05) is 24.5 Å². The van der Waals surface area contributed by atoms with Crippen LogP contribution >= 0.6 is 23.8 Å². The van der Waals surface area contributed by atoms with Crippen LogP contribution in [0.5, 0.6) is 0 Å².